The van der Waals surface area contributed by atoms with Gasteiger partial charge in [0, 0.05) is 35.2 Å². The Morgan fingerprint density at radius 2 is 2.00 bits per heavy atom. The van der Waals surface area contributed by atoms with Crippen LogP contribution >= 0.6 is 0 Å². The van der Waals surface area contributed by atoms with Gasteiger partial charge in [-0.2, -0.15) is 0 Å². The van der Waals surface area contributed by atoms with Crippen molar-refractivity contribution < 1.29 is 0 Å². The van der Waals surface area contributed by atoms with E-state index < -0.39 is 0 Å². The van der Waals surface area contributed by atoms with Gasteiger partial charge in [0.25, 0.3) is 0 Å². The van der Waals surface area contributed by atoms with E-state index in [-0.39, 0.29) is 0 Å². The van der Waals surface area contributed by atoms with E-state index in [0.29, 0.717) is 11.5 Å². The number of H-pyrrole nitrogens is 2. The number of aromatic nitrogens is 4. The molecule has 29 heavy (non-hydrogen) atoms. The Kier molecular flexibility index (Phi) is 4.51. The SMILES string of the molecule is CCCN(Cc1ccc2[nH]c(-c3cc(N)nc4nc(C)[nH]c34)cc2c1)CC1CC1. The Labute approximate surface area is 170 Å². The lowest BCUT2D eigenvalue weighted by molar-refractivity contribution is 0.255. The molecule has 1 aliphatic carbocycles. The molecule has 3 heterocycles. The standard InChI is InChI=1S/C23H28N6/c1-3-8-29(12-15-4-5-15)13-16-6-7-19-17(9-16)10-20(27-19)18-11-21(24)28-23-22(18)25-14(2)26-23/h6-7,9-11,15,27H,3-5,8,12-13H2,1-2H3,(H3,24,25,26,28). The Hall–Kier alpha value is -2.86. The number of nitrogens with one attached hydrogen (secondary N) is 2. The second-order valence-corrected chi connectivity index (χ2v) is 8.40. The molecule has 5 rings (SSSR count). The average Bonchev–Trinajstić information content (AvgIpc) is 3.26. The average molecular weight is 389 g/mol. The van der Waals surface area contributed by atoms with Gasteiger partial charge < -0.3 is 15.7 Å². The van der Waals surface area contributed by atoms with Gasteiger partial charge >= 0.3 is 0 Å². The number of nitrogens with two attached hydrogens (primary N) is 1. The van der Waals surface area contributed by atoms with E-state index in [2.05, 4.69) is 56.0 Å². The van der Waals surface area contributed by atoms with Gasteiger partial charge in [-0.3, -0.25) is 4.90 Å². The van der Waals surface area contributed by atoms with E-state index in [1.54, 1.807) is 0 Å². The van der Waals surface area contributed by atoms with E-state index in [9.17, 15) is 0 Å². The molecule has 1 saturated carbocycles. The molecule has 6 nitrogen and oxygen atoms in total. The van der Waals surface area contributed by atoms with Crippen LogP contribution in [0.5, 0.6) is 0 Å². The molecule has 4 aromatic rings. The van der Waals surface area contributed by atoms with Crippen molar-refractivity contribution in [3.8, 4) is 11.3 Å². The van der Waals surface area contributed by atoms with Gasteiger partial charge in [-0.1, -0.05) is 13.0 Å². The maximum atomic E-state index is 6.03. The molecular weight excluding hydrogens is 360 g/mol. The number of imidazole rings is 1. The first-order valence-electron chi connectivity index (χ1n) is 10.6. The number of aryl methyl sites for hydroxylation is 1. The maximum absolute atomic E-state index is 6.03. The Balaban J connectivity index is 1.48. The molecule has 0 amide bonds. The fraction of sp³-hybridized carbons (Fsp3) is 0.391. The molecule has 0 aliphatic heterocycles. The van der Waals surface area contributed by atoms with E-state index in [4.69, 9.17) is 5.73 Å². The highest BCUT2D eigenvalue weighted by molar-refractivity contribution is 5.95. The quantitative estimate of drug-likeness (QED) is 0.431. The molecule has 0 spiro atoms. The third-order valence-corrected chi connectivity index (χ3v) is 5.73. The largest absolute Gasteiger partial charge is 0.384 e. The number of hydrogen-bond acceptors (Lipinski definition) is 4. The van der Waals surface area contributed by atoms with Gasteiger partial charge in [-0.05, 0) is 68.5 Å². The third-order valence-electron chi connectivity index (χ3n) is 5.73. The Bertz CT molecular complexity index is 1170. The van der Waals surface area contributed by atoms with Gasteiger partial charge in [0.1, 0.15) is 11.6 Å². The highest BCUT2D eigenvalue weighted by Gasteiger charge is 2.24. The van der Waals surface area contributed by atoms with Crippen LogP contribution < -0.4 is 5.73 Å². The molecule has 3 aromatic heterocycles. The Morgan fingerprint density at radius 1 is 1.14 bits per heavy atom. The predicted molar refractivity (Wildman–Crippen MR) is 119 cm³/mol. The van der Waals surface area contributed by atoms with Gasteiger partial charge in [-0.15, -0.1) is 0 Å². The summed E-state index contributed by atoms with van der Waals surface area (Å²) >= 11 is 0. The lowest BCUT2D eigenvalue weighted by atomic mass is 10.1. The van der Waals surface area contributed by atoms with Crippen LogP contribution in [-0.2, 0) is 6.54 Å². The predicted octanol–water partition coefficient (Wildman–Crippen LogP) is 4.62. The molecule has 1 aliphatic rings. The summed E-state index contributed by atoms with van der Waals surface area (Å²) in [6.07, 6.45) is 4.00. The van der Waals surface area contributed by atoms with E-state index in [1.807, 2.05) is 13.0 Å². The van der Waals surface area contributed by atoms with Gasteiger partial charge in [0.05, 0.1) is 5.52 Å². The number of aromatic amines is 2. The minimum absolute atomic E-state index is 0.480. The van der Waals surface area contributed by atoms with Crippen molar-refractivity contribution in [2.24, 2.45) is 5.92 Å². The zero-order valence-corrected chi connectivity index (χ0v) is 17.1. The van der Waals surface area contributed by atoms with Crippen LogP contribution in [0.4, 0.5) is 5.82 Å². The highest BCUT2D eigenvalue weighted by Crippen LogP contribution is 2.32. The minimum atomic E-state index is 0.480. The van der Waals surface area contributed by atoms with Gasteiger partial charge in [0.2, 0.25) is 0 Å². The lowest BCUT2D eigenvalue weighted by Crippen LogP contribution is -2.26. The fourth-order valence-corrected chi connectivity index (χ4v) is 4.24. The number of rotatable bonds is 7. The van der Waals surface area contributed by atoms with Gasteiger partial charge in [0.15, 0.2) is 5.65 Å². The summed E-state index contributed by atoms with van der Waals surface area (Å²) in [5, 5.41) is 1.22. The Morgan fingerprint density at radius 3 is 2.79 bits per heavy atom. The minimum Gasteiger partial charge on any atom is -0.384 e. The number of nitrogen functional groups attached to an aromatic ring is 1. The summed E-state index contributed by atoms with van der Waals surface area (Å²) in [5.74, 6) is 2.24. The summed E-state index contributed by atoms with van der Waals surface area (Å²) in [6, 6.07) is 10.9. The molecule has 0 atom stereocenters. The van der Waals surface area contributed by atoms with Crippen LogP contribution in [0.25, 0.3) is 33.3 Å². The van der Waals surface area contributed by atoms with Crippen molar-refractivity contribution in [1.82, 2.24) is 24.8 Å². The molecule has 4 N–H and O–H groups in total. The fourth-order valence-electron chi connectivity index (χ4n) is 4.24. The second kappa shape index (κ2) is 7.19. The topological polar surface area (TPSA) is 86.6 Å². The molecule has 0 radical (unpaired) electrons. The van der Waals surface area contributed by atoms with E-state index >= 15 is 0 Å². The molecule has 0 saturated heterocycles. The summed E-state index contributed by atoms with van der Waals surface area (Å²) in [6.45, 7) is 7.62. The van der Waals surface area contributed by atoms with Crippen molar-refractivity contribution >= 4 is 27.9 Å². The second-order valence-electron chi connectivity index (χ2n) is 8.40. The number of hydrogen-bond donors (Lipinski definition) is 3. The van der Waals surface area contributed by atoms with Crippen molar-refractivity contribution in [3.05, 3.63) is 41.7 Å². The van der Waals surface area contributed by atoms with E-state index in [1.165, 1.54) is 43.3 Å². The van der Waals surface area contributed by atoms with Crippen molar-refractivity contribution in [3.63, 3.8) is 0 Å². The molecule has 0 unspecified atom stereocenters. The van der Waals surface area contributed by atoms with Crippen molar-refractivity contribution in [1.29, 1.82) is 0 Å². The third kappa shape index (κ3) is 3.72. The molecule has 1 aromatic carbocycles. The molecule has 0 bridgehead atoms. The first-order valence-corrected chi connectivity index (χ1v) is 10.6. The van der Waals surface area contributed by atoms with Crippen LogP contribution in [-0.4, -0.2) is 37.9 Å². The van der Waals surface area contributed by atoms with Crippen LogP contribution in [0.2, 0.25) is 0 Å². The summed E-state index contributed by atoms with van der Waals surface area (Å²) in [7, 11) is 0. The van der Waals surface area contributed by atoms with Gasteiger partial charge in [-0.25, -0.2) is 9.97 Å². The smallest absolute Gasteiger partial charge is 0.180 e. The molecule has 6 heteroatoms. The number of nitrogens with zero attached hydrogens (tertiary/aromatic N) is 3. The van der Waals surface area contributed by atoms with E-state index in [0.717, 1.165) is 40.6 Å². The lowest BCUT2D eigenvalue weighted by Gasteiger charge is -2.21. The summed E-state index contributed by atoms with van der Waals surface area (Å²) in [4.78, 5) is 18.3. The van der Waals surface area contributed by atoms with Crippen LogP contribution in [0.3, 0.4) is 0 Å². The number of benzene rings is 1. The highest BCUT2D eigenvalue weighted by atomic mass is 15.1. The molecule has 1 fully saturated rings. The molecule has 150 valence electrons. The zero-order chi connectivity index (χ0) is 20.0. The number of pyridine rings is 1. The van der Waals surface area contributed by atoms with Crippen LogP contribution in [0, 0.1) is 12.8 Å². The zero-order valence-electron chi connectivity index (χ0n) is 17.1. The number of fused-ring (bicyclic) bond motifs is 2. The normalized spacial score (nSPS) is 14.4. The van der Waals surface area contributed by atoms with Crippen LogP contribution in [0.1, 0.15) is 37.6 Å². The number of anilines is 1. The first kappa shape index (κ1) is 18.2. The van der Waals surface area contributed by atoms with Crippen molar-refractivity contribution in [2.75, 3.05) is 18.8 Å². The maximum Gasteiger partial charge on any atom is 0.180 e. The van der Waals surface area contributed by atoms with Crippen LogP contribution in [0.15, 0.2) is 30.3 Å². The van der Waals surface area contributed by atoms with Crippen molar-refractivity contribution in [2.45, 2.75) is 39.7 Å². The summed E-state index contributed by atoms with van der Waals surface area (Å²) in [5.41, 5.74) is 12.2. The molecular formula is C23H28N6. The summed E-state index contributed by atoms with van der Waals surface area (Å²) < 4.78 is 0. The first-order chi connectivity index (χ1) is 14.1. The monoisotopic (exact) mass is 388 g/mol.